The summed E-state index contributed by atoms with van der Waals surface area (Å²) in [7, 11) is 0. The first-order chi connectivity index (χ1) is 12.6. The van der Waals surface area contributed by atoms with E-state index in [0.29, 0.717) is 29.0 Å². The Bertz CT molecular complexity index is 935. The summed E-state index contributed by atoms with van der Waals surface area (Å²) in [6.45, 7) is 2.46. The van der Waals surface area contributed by atoms with Crippen LogP contribution in [-0.2, 0) is 4.74 Å². The molecule has 1 unspecified atom stereocenters. The van der Waals surface area contributed by atoms with Crippen molar-refractivity contribution in [2.75, 3.05) is 11.9 Å². The molecule has 3 heterocycles. The number of imidazole rings is 1. The fourth-order valence-electron chi connectivity index (χ4n) is 3.18. The molecule has 3 aromatic rings. The molecule has 0 aliphatic carbocycles. The molecule has 0 amide bonds. The maximum Gasteiger partial charge on any atom is 0.312 e. The van der Waals surface area contributed by atoms with Gasteiger partial charge in [0.05, 0.1) is 6.33 Å². The third kappa shape index (κ3) is 3.20. The second-order valence-corrected chi connectivity index (χ2v) is 6.47. The number of ether oxygens (including phenoxy) is 1. The van der Waals surface area contributed by atoms with Crippen molar-refractivity contribution < 1.29 is 14.2 Å². The number of nitrogens with one attached hydrogen (secondary N) is 1. The third-order valence-electron chi connectivity index (χ3n) is 4.57. The fraction of sp³-hybridized carbons (Fsp3) is 0.389. The highest BCUT2D eigenvalue weighted by Gasteiger charge is 2.20. The zero-order chi connectivity index (χ0) is 18.1. The molecule has 1 atom stereocenters. The van der Waals surface area contributed by atoms with Crippen molar-refractivity contribution in [3.05, 3.63) is 36.2 Å². The number of aromatic nitrogens is 4. The molecule has 26 heavy (non-hydrogen) atoms. The first kappa shape index (κ1) is 16.7. The van der Waals surface area contributed by atoms with Gasteiger partial charge in [0.1, 0.15) is 12.0 Å². The van der Waals surface area contributed by atoms with Crippen LogP contribution in [0.4, 0.5) is 15.9 Å². The first-order valence-electron chi connectivity index (χ1n) is 8.70. The van der Waals surface area contributed by atoms with Gasteiger partial charge in [-0.2, -0.15) is 14.4 Å². The Morgan fingerprint density at radius 3 is 3.00 bits per heavy atom. The van der Waals surface area contributed by atoms with Gasteiger partial charge in [0.2, 0.25) is 0 Å². The number of fused-ring (bicyclic) bond motifs is 1. The van der Waals surface area contributed by atoms with Gasteiger partial charge in [0, 0.05) is 12.3 Å². The predicted molar refractivity (Wildman–Crippen MR) is 94.9 cm³/mol. The number of phenolic OH excluding ortho intramolecular Hbond substituents is 1. The molecule has 7 nitrogen and oxygen atoms in total. The summed E-state index contributed by atoms with van der Waals surface area (Å²) in [6, 6.07) is 5.02. The lowest BCUT2D eigenvalue weighted by atomic mass is 10.2. The average molecular weight is 357 g/mol. The highest BCUT2D eigenvalue weighted by molar-refractivity contribution is 5.85. The molecule has 2 aromatic heterocycles. The van der Waals surface area contributed by atoms with Crippen molar-refractivity contribution in [3.63, 3.8) is 0 Å². The second-order valence-electron chi connectivity index (χ2n) is 6.47. The van der Waals surface area contributed by atoms with Gasteiger partial charge in [-0.25, -0.2) is 4.98 Å². The van der Waals surface area contributed by atoms with E-state index < -0.39 is 6.08 Å². The maximum absolute atomic E-state index is 14.1. The number of hydrogen-bond donors (Lipinski definition) is 2. The van der Waals surface area contributed by atoms with Crippen LogP contribution < -0.4 is 5.32 Å². The van der Waals surface area contributed by atoms with Crippen LogP contribution in [0.1, 0.15) is 37.5 Å². The molecule has 0 bridgehead atoms. The number of aromatic hydroxyl groups is 1. The lowest BCUT2D eigenvalue weighted by molar-refractivity contribution is 0.00928. The molecule has 1 saturated heterocycles. The number of phenols is 1. The Hall–Kier alpha value is -2.74. The predicted octanol–water partition coefficient (Wildman–Crippen LogP) is 3.81. The van der Waals surface area contributed by atoms with Gasteiger partial charge in [0.25, 0.3) is 0 Å². The Kier molecular flexibility index (Phi) is 4.42. The minimum atomic E-state index is -0.828. The highest BCUT2D eigenvalue weighted by atomic mass is 19.1. The molecule has 0 spiro atoms. The van der Waals surface area contributed by atoms with Gasteiger partial charge in [-0.1, -0.05) is 6.42 Å². The van der Waals surface area contributed by atoms with Gasteiger partial charge in [0.15, 0.2) is 17.0 Å². The van der Waals surface area contributed by atoms with Crippen LogP contribution in [0, 0.1) is 13.0 Å². The average Bonchev–Trinajstić information content (AvgIpc) is 2.85. The highest BCUT2D eigenvalue weighted by Crippen LogP contribution is 2.29. The monoisotopic (exact) mass is 357 g/mol. The molecule has 0 radical (unpaired) electrons. The van der Waals surface area contributed by atoms with E-state index in [9.17, 15) is 9.50 Å². The van der Waals surface area contributed by atoms with Crippen molar-refractivity contribution in [1.29, 1.82) is 0 Å². The summed E-state index contributed by atoms with van der Waals surface area (Å²) in [5, 5.41) is 12.7. The maximum atomic E-state index is 14.1. The lowest BCUT2D eigenvalue weighted by Crippen LogP contribution is -2.12. The fourth-order valence-corrected chi connectivity index (χ4v) is 3.18. The molecule has 0 saturated carbocycles. The summed E-state index contributed by atoms with van der Waals surface area (Å²) in [5.74, 6) is 0.481. The Morgan fingerprint density at radius 1 is 1.27 bits per heavy atom. The van der Waals surface area contributed by atoms with Crippen molar-refractivity contribution in [2.24, 2.45) is 0 Å². The van der Waals surface area contributed by atoms with Gasteiger partial charge in [-0.05, 0) is 49.9 Å². The van der Waals surface area contributed by atoms with Gasteiger partial charge in [-0.15, -0.1) is 0 Å². The molecule has 1 aliphatic rings. The zero-order valence-electron chi connectivity index (χ0n) is 14.4. The number of nitrogens with zero attached hydrogens (tertiary/aromatic N) is 4. The number of rotatable bonds is 3. The van der Waals surface area contributed by atoms with Crippen LogP contribution >= 0.6 is 0 Å². The third-order valence-corrected chi connectivity index (χ3v) is 4.57. The van der Waals surface area contributed by atoms with Crippen molar-refractivity contribution in [3.8, 4) is 5.75 Å². The Balaban J connectivity index is 1.72. The minimum Gasteiger partial charge on any atom is -0.508 e. The van der Waals surface area contributed by atoms with E-state index in [2.05, 4.69) is 20.3 Å². The summed E-state index contributed by atoms with van der Waals surface area (Å²) < 4.78 is 21.7. The molecular formula is C18H20FN5O2. The van der Waals surface area contributed by atoms with Crippen LogP contribution in [0.25, 0.3) is 11.2 Å². The van der Waals surface area contributed by atoms with Crippen molar-refractivity contribution in [1.82, 2.24) is 19.5 Å². The minimum absolute atomic E-state index is 0.194. The van der Waals surface area contributed by atoms with E-state index in [-0.39, 0.29) is 17.8 Å². The summed E-state index contributed by atoms with van der Waals surface area (Å²) in [4.78, 5) is 12.2. The van der Waals surface area contributed by atoms with Crippen molar-refractivity contribution in [2.45, 2.75) is 38.8 Å². The summed E-state index contributed by atoms with van der Waals surface area (Å²) in [5.41, 5.74) is 2.27. The van der Waals surface area contributed by atoms with Gasteiger partial charge in [-0.3, -0.25) is 4.57 Å². The summed E-state index contributed by atoms with van der Waals surface area (Å²) in [6.07, 6.45) is 4.65. The SMILES string of the molecule is Cc1cc(Nc2nc(F)nc3c2ncn3C2CCCCCO2)ccc1O. The van der Waals surface area contributed by atoms with E-state index in [1.807, 2.05) is 0 Å². The lowest BCUT2D eigenvalue weighted by Gasteiger charge is -2.17. The van der Waals surface area contributed by atoms with E-state index in [1.54, 1.807) is 36.0 Å². The van der Waals surface area contributed by atoms with Crippen molar-refractivity contribution >= 4 is 22.7 Å². The molecule has 1 fully saturated rings. The molecular weight excluding hydrogens is 337 g/mol. The standard InChI is InChI=1S/C18H20FN5O2/c1-11-9-12(6-7-13(11)25)21-16-15-17(23-18(19)22-16)24(10-20-15)14-5-3-2-4-8-26-14/h6-7,9-10,14,25H,2-5,8H2,1H3,(H,21,22,23). The molecule has 1 aromatic carbocycles. The molecule has 136 valence electrons. The molecule has 1 aliphatic heterocycles. The number of anilines is 2. The topological polar surface area (TPSA) is 85.1 Å². The van der Waals surface area contributed by atoms with Crippen LogP contribution in [0.5, 0.6) is 5.75 Å². The second kappa shape index (κ2) is 6.87. The molecule has 4 rings (SSSR count). The van der Waals surface area contributed by atoms with Gasteiger partial charge >= 0.3 is 6.08 Å². The number of halogens is 1. The Labute approximate surface area is 149 Å². The van der Waals surface area contributed by atoms with Crippen LogP contribution in [0.2, 0.25) is 0 Å². The molecule has 8 heteroatoms. The number of hydrogen-bond acceptors (Lipinski definition) is 6. The zero-order valence-corrected chi connectivity index (χ0v) is 14.4. The molecule has 2 N–H and O–H groups in total. The van der Waals surface area contributed by atoms with E-state index in [4.69, 9.17) is 4.74 Å². The van der Waals surface area contributed by atoms with Crippen LogP contribution in [0.15, 0.2) is 24.5 Å². The van der Waals surface area contributed by atoms with Crippen LogP contribution in [-0.4, -0.2) is 31.2 Å². The van der Waals surface area contributed by atoms with Crippen LogP contribution in [0.3, 0.4) is 0 Å². The van der Waals surface area contributed by atoms with E-state index >= 15 is 0 Å². The summed E-state index contributed by atoms with van der Waals surface area (Å²) >= 11 is 0. The normalized spacial score (nSPS) is 18.0. The van der Waals surface area contributed by atoms with E-state index in [0.717, 1.165) is 25.7 Å². The number of aryl methyl sites for hydroxylation is 1. The number of benzene rings is 1. The quantitative estimate of drug-likeness (QED) is 0.548. The van der Waals surface area contributed by atoms with E-state index in [1.165, 1.54) is 0 Å². The first-order valence-corrected chi connectivity index (χ1v) is 8.70. The smallest absolute Gasteiger partial charge is 0.312 e. The largest absolute Gasteiger partial charge is 0.508 e. The Morgan fingerprint density at radius 2 is 2.15 bits per heavy atom. The van der Waals surface area contributed by atoms with Gasteiger partial charge < -0.3 is 15.2 Å².